The van der Waals surface area contributed by atoms with Crippen LogP contribution < -0.4 is 5.32 Å². The van der Waals surface area contributed by atoms with E-state index >= 15 is 0 Å². The molecule has 3 rings (SSSR count). The number of fused-ring (bicyclic) bond motifs is 1. The molecule has 1 aromatic carbocycles. The fourth-order valence-electron chi connectivity index (χ4n) is 2.58. The average Bonchev–Trinajstić information content (AvgIpc) is 2.81. The van der Waals surface area contributed by atoms with Crippen molar-refractivity contribution in [1.29, 1.82) is 0 Å². The summed E-state index contributed by atoms with van der Waals surface area (Å²) < 4.78 is 2.09. The maximum atomic E-state index is 9.83. The van der Waals surface area contributed by atoms with Crippen molar-refractivity contribution in [2.75, 3.05) is 5.32 Å². The van der Waals surface area contributed by atoms with Gasteiger partial charge in [-0.15, -0.1) is 0 Å². The predicted octanol–water partition coefficient (Wildman–Crippen LogP) is 3.31. The molecule has 0 aliphatic heterocycles. The molecule has 4 nitrogen and oxygen atoms in total. The highest BCUT2D eigenvalue weighted by molar-refractivity contribution is 5.53. The Bertz CT molecular complexity index is 762. The quantitative estimate of drug-likeness (QED) is 0.771. The molecule has 21 heavy (non-hydrogen) atoms. The fraction of sp³-hybridized carbons (Fsp3) is 0.235. The molecule has 2 aromatic heterocycles. The van der Waals surface area contributed by atoms with Gasteiger partial charge in [-0.2, -0.15) is 0 Å². The SMILES string of the molecule is Cc1nc2ccccn2c1CNc1ccccc1C(C)O. The summed E-state index contributed by atoms with van der Waals surface area (Å²) in [5.41, 5.74) is 4.96. The van der Waals surface area contributed by atoms with Crippen molar-refractivity contribution < 1.29 is 5.11 Å². The molecule has 1 unspecified atom stereocenters. The van der Waals surface area contributed by atoms with E-state index in [1.54, 1.807) is 6.92 Å². The standard InChI is InChI=1S/C17H19N3O/c1-12-16(20-10-6-5-9-17(20)19-12)11-18-15-8-4-3-7-14(15)13(2)21/h3-10,13,18,21H,11H2,1-2H3. The minimum atomic E-state index is -0.489. The number of hydrogen-bond acceptors (Lipinski definition) is 3. The Morgan fingerprint density at radius 3 is 2.76 bits per heavy atom. The van der Waals surface area contributed by atoms with Crippen LogP contribution in [0, 0.1) is 6.92 Å². The van der Waals surface area contributed by atoms with E-state index in [-0.39, 0.29) is 0 Å². The van der Waals surface area contributed by atoms with Crippen LogP contribution in [0.4, 0.5) is 5.69 Å². The number of anilines is 1. The van der Waals surface area contributed by atoms with E-state index in [4.69, 9.17) is 0 Å². The second-order valence-electron chi connectivity index (χ2n) is 5.19. The first-order chi connectivity index (χ1) is 10.2. The van der Waals surface area contributed by atoms with Gasteiger partial charge >= 0.3 is 0 Å². The van der Waals surface area contributed by atoms with Gasteiger partial charge in [0.1, 0.15) is 5.65 Å². The molecule has 2 heterocycles. The van der Waals surface area contributed by atoms with E-state index in [1.165, 1.54) is 0 Å². The van der Waals surface area contributed by atoms with Crippen molar-refractivity contribution in [3.05, 3.63) is 65.6 Å². The van der Waals surface area contributed by atoms with Crippen LogP contribution in [0.3, 0.4) is 0 Å². The summed E-state index contributed by atoms with van der Waals surface area (Å²) in [6, 6.07) is 13.8. The third-order valence-corrected chi connectivity index (χ3v) is 3.69. The van der Waals surface area contributed by atoms with Gasteiger partial charge in [0.05, 0.1) is 24.0 Å². The Balaban J connectivity index is 1.89. The number of rotatable bonds is 4. The van der Waals surface area contributed by atoms with Gasteiger partial charge in [-0.1, -0.05) is 24.3 Å². The molecule has 4 heteroatoms. The van der Waals surface area contributed by atoms with Crippen LogP contribution in [0.2, 0.25) is 0 Å². The number of hydrogen-bond donors (Lipinski definition) is 2. The molecular formula is C17H19N3O. The normalized spacial score (nSPS) is 12.5. The molecule has 0 radical (unpaired) electrons. The van der Waals surface area contributed by atoms with Crippen LogP contribution >= 0.6 is 0 Å². The minimum Gasteiger partial charge on any atom is -0.389 e. The molecule has 0 aliphatic carbocycles. The summed E-state index contributed by atoms with van der Waals surface area (Å²) in [4.78, 5) is 4.56. The smallest absolute Gasteiger partial charge is 0.137 e. The van der Waals surface area contributed by atoms with Gasteiger partial charge in [0, 0.05) is 17.4 Å². The van der Waals surface area contributed by atoms with Gasteiger partial charge in [0.15, 0.2) is 0 Å². The van der Waals surface area contributed by atoms with E-state index in [2.05, 4.69) is 14.7 Å². The molecular weight excluding hydrogens is 262 g/mol. The van der Waals surface area contributed by atoms with E-state index < -0.39 is 6.10 Å². The van der Waals surface area contributed by atoms with Crippen molar-refractivity contribution in [3.63, 3.8) is 0 Å². The highest BCUT2D eigenvalue weighted by Crippen LogP contribution is 2.23. The van der Waals surface area contributed by atoms with E-state index in [9.17, 15) is 5.11 Å². The van der Waals surface area contributed by atoms with Crippen LogP contribution in [0.1, 0.15) is 30.0 Å². The van der Waals surface area contributed by atoms with Gasteiger partial charge in [-0.3, -0.25) is 0 Å². The maximum absolute atomic E-state index is 9.83. The van der Waals surface area contributed by atoms with Gasteiger partial charge in [0.25, 0.3) is 0 Å². The number of pyridine rings is 1. The average molecular weight is 281 g/mol. The summed E-state index contributed by atoms with van der Waals surface area (Å²) in [5, 5.41) is 13.2. The Labute approximate surface area is 124 Å². The van der Waals surface area contributed by atoms with Crippen molar-refractivity contribution in [3.8, 4) is 0 Å². The highest BCUT2D eigenvalue weighted by atomic mass is 16.3. The molecule has 0 aliphatic rings. The second kappa shape index (κ2) is 5.58. The first-order valence-corrected chi connectivity index (χ1v) is 7.10. The molecule has 0 fully saturated rings. The molecule has 3 aromatic rings. The topological polar surface area (TPSA) is 49.6 Å². The van der Waals surface area contributed by atoms with E-state index in [0.29, 0.717) is 6.54 Å². The van der Waals surface area contributed by atoms with Crippen LogP contribution in [0.15, 0.2) is 48.7 Å². The number of nitrogens with one attached hydrogen (secondary N) is 1. The summed E-state index contributed by atoms with van der Waals surface area (Å²) in [6.45, 7) is 4.46. The van der Waals surface area contributed by atoms with Gasteiger partial charge < -0.3 is 14.8 Å². The summed E-state index contributed by atoms with van der Waals surface area (Å²) >= 11 is 0. The van der Waals surface area contributed by atoms with Crippen molar-refractivity contribution >= 4 is 11.3 Å². The summed E-state index contributed by atoms with van der Waals surface area (Å²) in [6.07, 6.45) is 1.53. The zero-order valence-corrected chi connectivity index (χ0v) is 12.2. The van der Waals surface area contributed by atoms with Crippen LogP contribution in [-0.2, 0) is 6.54 Å². The van der Waals surface area contributed by atoms with Crippen LogP contribution in [0.5, 0.6) is 0 Å². The number of nitrogens with zero attached hydrogens (tertiary/aromatic N) is 2. The van der Waals surface area contributed by atoms with Gasteiger partial charge in [0.2, 0.25) is 0 Å². The number of imidazole rings is 1. The predicted molar refractivity (Wildman–Crippen MR) is 84.3 cm³/mol. The number of aliphatic hydroxyl groups excluding tert-OH is 1. The lowest BCUT2D eigenvalue weighted by atomic mass is 10.1. The Morgan fingerprint density at radius 1 is 1.19 bits per heavy atom. The third-order valence-electron chi connectivity index (χ3n) is 3.69. The molecule has 1 atom stereocenters. The first kappa shape index (κ1) is 13.6. The lowest BCUT2D eigenvalue weighted by Crippen LogP contribution is -2.07. The number of aromatic nitrogens is 2. The zero-order valence-electron chi connectivity index (χ0n) is 12.2. The fourth-order valence-corrected chi connectivity index (χ4v) is 2.58. The molecule has 108 valence electrons. The largest absolute Gasteiger partial charge is 0.389 e. The molecule has 2 N–H and O–H groups in total. The molecule has 0 amide bonds. The molecule has 0 spiro atoms. The van der Waals surface area contributed by atoms with Crippen LogP contribution in [-0.4, -0.2) is 14.5 Å². The highest BCUT2D eigenvalue weighted by Gasteiger charge is 2.10. The molecule has 0 saturated heterocycles. The summed E-state index contributed by atoms with van der Waals surface area (Å²) in [5.74, 6) is 0. The molecule has 0 bridgehead atoms. The van der Waals surface area contributed by atoms with Crippen LogP contribution in [0.25, 0.3) is 5.65 Å². The van der Waals surface area contributed by atoms with Gasteiger partial charge in [-0.25, -0.2) is 4.98 Å². The van der Waals surface area contributed by atoms with Crippen molar-refractivity contribution in [2.24, 2.45) is 0 Å². The maximum Gasteiger partial charge on any atom is 0.137 e. The number of benzene rings is 1. The lowest BCUT2D eigenvalue weighted by Gasteiger charge is -2.14. The van der Waals surface area contributed by atoms with E-state index in [0.717, 1.165) is 28.3 Å². The second-order valence-corrected chi connectivity index (χ2v) is 5.19. The van der Waals surface area contributed by atoms with Gasteiger partial charge in [-0.05, 0) is 32.0 Å². The third kappa shape index (κ3) is 2.62. The number of aryl methyl sites for hydroxylation is 1. The van der Waals surface area contributed by atoms with E-state index in [1.807, 2.05) is 55.6 Å². The molecule has 0 saturated carbocycles. The lowest BCUT2D eigenvalue weighted by molar-refractivity contribution is 0.200. The van der Waals surface area contributed by atoms with Crippen molar-refractivity contribution in [1.82, 2.24) is 9.38 Å². The number of para-hydroxylation sites is 1. The Hall–Kier alpha value is -2.33. The Kier molecular flexibility index (Phi) is 3.62. The minimum absolute atomic E-state index is 0.489. The first-order valence-electron chi connectivity index (χ1n) is 7.10. The zero-order chi connectivity index (χ0) is 14.8. The number of aliphatic hydroxyl groups is 1. The van der Waals surface area contributed by atoms with Crippen molar-refractivity contribution in [2.45, 2.75) is 26.5 Å². The summed E-state index contributed by atoms with van der Waals surface area (Å²) in [7, 11) is 0. The Morgan fingerprint density at radius 2 is 1.95 bits per heavy atom. The monoisotopic (exact) mass is 281 g/mol.